The van der Waals surface area contributed by atoms with Crippen molar-refractivity contribution >= 4 is 23.7 Å². The van der Waals surface area contributed by atoms with E-state index in [1.165, 1.54) is 0 Å². The van der Waals surface area contributed by atoms with Gasteiger partial charge in [0.2, 0.25) is 0 Å². The number of halogens is 4. The van der Waals surface area contributed by atoms with Gasteiger partial charge in [0.25, 0.3) is 0 Å². The Kier molecular flexibility index (Phi) is 3.38. The number of hydrogen-bond acceptors (Lipinski definition) is 2. The first-order valence-corrected chi connectivity index (χ1v) is 4.52. The zero-order valence-corrected chi connectivity index (χ0v) is 8.82. The molecule has 0 aliphatic heterocycles. The minimum Gasteiger partial charge on any atom is -0.298 e. The van der Waals surface area contributed by atoms with Crippen molar-refractivity contribution in [1.29, 1.82) is 0 Å². The number of carbonyl (C=O) groups is 2. The predicted octanol–water partition coefficient (Wildman–Crippen LogP) is 3.37. The summed E-state index contributed by atoms with van der Waals surface area (Å²) in [5.41, 5.74) is -1.95. The molecule has 0 bridgehead atoms. The van der Waals surface area contributed by atoms with Crippen LogP contribution in [0.15, 0.2) is 12.1 Å². The second kappa shape index (κ2) is 4.25. The van der Waals surface area contributed by atoms with Gasteiger partial charge in [0, 0.05) is 11.1 Å². The topological polar surface area (TPSA) is 34.1 Å². The molecule has 0 radical (unpaired) electrons. The van der Waals surface area contributed by atoms with Crippen LogP contribution in [0.3, 0.4) is 0 Å². The monoisotopic (exact) mass is 250 g/mol. The Morgan fingerprint density at radius 2 is 1.94 bits per heavy atom. The summed E-state index contributed by atoms with van der Waals surface area (Å²) in [6.07, 6.45) is -4.67. The fraction of sp³-hybridized carbons (Fsp3) is 0.200. The third-order valence-corrected chi connectivity index (χ3v) is 2.39. The molecule has 6 heteroatoms. The van der Waals surface area contributed by atoms with E-state index in [2.05, 4.69) is 0 Å². The quantitative estimate of drug-likeness (QED) is 0.596. The van der Waals surface area contributed by atoms with E-state index in [9.17, 15) is 22.8 Å². The van der Waals surface area contributed by atoms with Crippen molar-refractivity contribution in [1.82, 2.24) is 0 Å². The third-order valence-electron chi connectivity index (χ3n) is 1.98. The SMILES string of the molecule is CC(=O)c1ccc(C(F)(F)F)c(C=O)c1Cl. The van der Waals surface area contributed by atoms with E-state index >= 15 is 0 Å². The van der Waals surface area contributed by atoms with Crippen LogP contribution in [-0.4, -0.2) is 12.1 Å². The van der Waals surface area contributed by atoms with Crippen LogP contribution in [0.2, 0.25) is 5.02 Å². The lowest BCUT2D eigenvalue weighted by Crippen LogP contribution is -2.11. The largest absolute Gasteiger partial charge is 0.417 e. The van der Waals surface area contributed by atoms with Crippen molar-refractivity contribution < 1.29 is 22.8 Å². The summed E-state index contributed by atoms with van der Waals surface area (Å²) in [5, 5.41) is -0.461. The van der Waals surface area contributed by atoms with E-state index in [1.807, 2.05) is 0 Å². The second-order valence-electron chi connectivity index (χ2n) is 3.06. The molecule has 1 aromatic rings. The van der Waals surface area contributed by atoms with Crippen molar-refractivity contribution in [2.75, 3.05) is 0 Å². The fourth-order valence-corrected chi connectivity index (χ4v) is 1.57. The van der Waals surface area contributed by atoms with E-state index in [-0.39, 0.29) is 11.8 Å². The first-order valence-electron chi connectivity index (χ1n) is 4.15. The first-order chi connectivity index (χ1) is 7.29. The highest BCUT2D eigenvalue weighted by molar-refractivity contribution is 6.36. The van der Waals surface area contributed by atoms with Gasteiger partial charge in [0.15, 0.2) is 12.1 Å². The van der Waals surface area contributed by atoms with Crippen molar-refractivity contribution in [3.63, 3.8) is 0 Å². The maximum Gasteiger partial charge on any atom is 0.417 e. The summed E-state index contributed by atoms with van der Waals surface area (Å²) in [6, 6.07) is 1.63. The summed E-state index contributed by atoms with van der Waals surface area (Å²) >= 11 is 5.56. The minimum absolute atomic E-state index is 0.00238. The average molecular weight is 251 g/mol. The van der Waals surface area contributed by atoms with Crippen LogP contribution < -0.4 is 0 Å². The molecule has 1 aromatic carbocycles. The highest BCUT2D eigenvalue weighted by atomic mass is 35.5. The highest BCUT2D eigenvalue weighted by Gasteiger charge is 2.35. The lowest BCUT2D eigenvalue weighted by Gasteiger charge is -2.12. The summed E-state index contributed by atoms with van der Waals surface area (Å²) in [7, 11) is 0. The van der Waals surface area contributed by atoms with Gasteiger partial charge in [-0.2, -0.15) is 13.2 Å². The number of benzene rings is 1. The molecule has 0 atom stereocenters. The molecule has 0 N–H and O–H groups in total. The van der Waals surface area contributed by atoms with Gasteiger partial charge in [-0.15, -0.1) is 0 Å². The number of aldehydes is 1. The van der Waals surface area contributed by atoms with Gasteiger partial charge in [-0.1, -0.05) is 11.6 Å². The van der Waals surface area contributed by atoms with Crippen LogP contribution in [0, 0.1) is 0 Å². The molecule has 0 aliphatic rings. The summed E-state index contributed by atoms with van der Waals surface area (Å²) in [4.78, 5) is 21.6. The van der Waals surface area contributed by atoms with Gasteiger partial charge >= 0.3 is 6.18 Å². The second-order valence-corrected chi connectivity index (χ2v) is 3.44. The summed E-state index contributed by atoms with van der Waals surface area (Å²) < 4.78 is 37.3. The molecule has 2 nitrogen and oxygen atoms in total. The number of hydrogen-bond donors (Lipinski definition) is 0. The van der Waals surface area contributed by atoms with Gasteiger partial charge in [-0.05, 0) is 19.1 Å². The molecule has 0 spiro atoms. The first kappa shape index (κ1) is 12.7. The molecular formula is C10H6ClF3O2. The molecule has 0 fully saturated rings. The Labute approximate surface area is 94.0 Å². The number of alkyl halides is 3. The molecule has 0 aromatic heterocycles. The average Bonchev–Trinajstić information content (AvgIpc) is 2.15. The Morgan fingerprint density at radius 3 is 2.31 bits per heavy atom. The van der Waals surface area contributed by atoms with Crippen LogP contribution >= 0.6 is 11.6 Å². The Bertz CT molecular complexity index is 452. The van der Waals surface area contributed by atoms with Gasteiger partial charge in [-0.3, -0.25) is 9.59 Å². The van der Waals surface area contributed by atoms with Crippen LogP contribution in [-0.2, 0) is 6.18 Å². The molecule has 86 valence electrons. The van der Waals surface area contributed by atoms with Crippen molar-refractivity contribution in [3.8, 4) is 0 Å². The zero-order chi connectivity index (χ0) is 12.5. The summed E-state index contributed by atoms with van der Waals surface area (Å²) in [6.45, 7) is 1.16. The van der Waals surface area contributed by atoms with Gasteiger partial charge in [-0.25, -0.2) is 0 Å². The number of Topliss-reactive ketones (excluding diaryl/α,β-unsaturated/α-hetero) is 1. The molecular weight excluding hydrogens is 245 g/mol. The lowest BCUT2D eigenvalue weighted by atomic mass is 10.0. The van der Waals surface area contributed by atoms with Crippen molar-refractivity contribution in [3.05, 3.63) is 33.8 Å². The van der Waals surface area contributed by atoms with E-state index in [4.69, 9.17) is 11.6 Å². The van der Waals surface area contributed by atoms with Crippen molar-refractivity contribution in [2.24, 2.45) is 0 Å². The fourth-order valence-electron chi connectivity index (χ4n) is 1.23. The van der Waals surface area contributed by atoms with E-state index in [0.29, 0.717) is 6.07 Å². The van der Waals surface area contributed by atoms with E-state index in [0.717, 1.165) is 13.0 Å². The number of carbonyl (C=O) groups excluding carboxylic acids is 2. The predicted molar refractivity (Wildman–Crippen MR) is 51.8 cm³/mol. The molecule has 0 saturated carbocycles. The number of ketones is 1. The van der Waals surface area contributed by atoms with Gasteiger partial charge < -0.3 is 0 Å². The molecule has 16 heavy (non-hydrogen) atoms. The number of rotatable bonds is 2. The van der Waals surface area contributed by atoms with Crippen LogP contribution in [0.1, 0.15) is 33.2 Å². The molecule has 0 unspecified atom stereocenters. The van der Waals surface area contributed by atoms with Crippen molar-refractivity contribution in [2.45, 2.75) is 13.1 Å². The van der Waals surface area contributed by atoms with E-state index in [1.54, 1.807) is 0 Å². The van der Waals surface area contributed by atoms with E-state index < -0.39 is 28.1 Å². The maximum absolute atomic E-state index is 12.4. The normalized spacial score (nSPS) is 11.3. The van der Waals surface area contributed by atoms with Gasteiger partial charge in [0.1, 0.15) is 0 Å². The third kappa shape index (κ3) is 2.24. The lowest BCUT2D eigenvalue weighted by molar-refractivity contribution is -0.137. The maximum atomic E-state index is 12.4. The summed E-state index contributed by atoms with van der Waals surface area (Å²) in [5.74, 6) is -0.498. The zero-order valence-electron chi connectivity index (χ0n) is 8.06. The minimum atomic E-state index is -4.67. The van der Waals surface area contributed by atoms with Crippen LogP contribution in [0.5, 0.6) is 0 Å². The molecule has 0 heterocycles. The standard InChI is InChI=1S/C10H6ClF3O2/c1-5(16)6-2-3-8(10(12,13)14)7(4-15)9(6)11/h2-4H,1H3. The van der Waals surface area contributed by atoms with Crippen LogP contribution in [0.4, 0.5) is 13.2 Å². The Hall–Kier alpha value is -1.36. The van der Waals surface area contributed by atoms with Gasteiger partial charge in [0.05, 0.1) is 10.6 Å². The smallest absolute Gasteiger partial charge is 0.298 e. The van der Waals surface area contributed by atoms with Crippen LogP contribution in [0.25, 0.3) is 0 Å². The highest BCUT2D eigenvalue weighted by Crippen LogP contribution is 2.35. The molecule has 1 rings (SSSR count). The molecule has 0 aliphatic carbocycles. The molecule has 0 amide bonds. The Balaban J connectivity index is 3.53. The molecule has 0 saturated heterocycles. The Morgan fingerprint density at radius 1 is 1.38 bits per heavy atom.